The lowest BCUT2D eigenvalue weighted by Gasteiger charge is -2.48. The molecule has 1 saturated heterocycles. The minimum Gasteiger partial charge on any atom is -0.490 e. The minimum atomic E-state index is -3.97. The Kier molecular flexibility index (Phi) is 10.5. The van der Waals surface area contributed by atoms with Crippen LogP contribution in [0.2, 0.25) is 5.02 Å². The fraction of sp³-hybridized carbons (Fsp3) is 0.575. The zero-order chi connectivity index (χ0) is 35.8. The maximum atomic E-state index is 13.6. The second-order valence-corrected chi connectivity index (χ2v) is 17.7. The summed E-state index contributed by atoms with van der Waals surface area (Å²) in [5.74, 6) is 7.24. The number of rotatable bonds is 2. The van der Waals surface area contributed by atoms with E-state index in [0.29, 0.717) is 51.6 Å². The van der Waals surface area contributed by atoms with Gasteiger partial charge in [0.1, 0.15) is 11.4 Å². The first-order valence-corrected chi connectivity index (χ1v) is 20.3. The summed E-state index contributed by atoms with van der Waals surface area (Å²) in [5, 5.41) is -0.0702. The summed E-state index contributed by atoms with van der Waals surface area (Å²) in [6, 6.07) is 11.5. The monoisotopic (exact) mass is 735 g/mol. The zero-order valence-electron chi connectivity index (χ0n) is 30.0. The Labute approximate surface area is 308 Å². The third-order valence-corrected chi connectivity index (χ3v) is 14.3. The van der Waals surface area contributed by atoms with Gasteiger partial charge >= 0.3 is 0 Å². The smallest absolute Gasteiger partial charge is 0.264 e. The van der Waals surface area contributed by atoms with Crippen LogP contribution < -0.4 is 14.4 Å². The molecule has 2 bridgehead atoms. The van der Waals surface area contributed by atoms with Gasteiger partial charge in [0.05, 0.1) is 37.3 Å². The van der Waals surface area contributed by atoms with E-state index in [9.17, 15) is 13.2 Å². The fourth-order valence-corrected chi connectivity index (χ4v) is 10.2. The van der Waals surface area contributed by atoms with Gasteiger partial charge in [0.15, 0.2) is 0 Å². The van der Waals surface area contributed by atoms with E-state index in [1.165, 1.54) is 11.1 Å². The van der Waals surface area contributed by atoms with Crippen LogP contribution in [0.3, 0.4) is 0 Å². The van der Waals surface area contributed by atoms with E-state index in [2.05, 4.69) is 44.6 Å². The van der Waals surface area contributed by atoms with Gasteiger partial charge < -0.3 is 19.1 Å². The number of methoxy groups -OCH3 is 1. The van der Waals surface area contributed by atoms with Crippen molar-refractivity contribution in [3.63, 3.8) is 0 Å². The molecule has 1 spiro atoms. The van der Waals surface area contributed by atoms with Crippen LogP contribution in [0, 0.1) is 29.6 Å². The van der Waals surface area contributed by atoms with Gasteiger partial charge in [-0.25, -0.2) is 13.1 Å². The number of nitrogens with one attached hydrogen (secondary N) is 1. The van der Waals surface area contributed by atoms with Gasteiger partial charge in [-0.2, -0.15) is 0 Å². The van der Waals surface area contributed by atoms with Crippen molar-refractivity contribution in [1.29, 1.82) is 0 Å². The number of carbonyl (C=O) groups excluding carboxylic acids is 1. The Balaban J connectivity index is 1.30. The number of carbonyl (C=O) groups is 1. The highest BCUT2D eigenvalue weighted by molar-refractivity contribution is 7.90. The average Bonchev–Trinajstić information content (AvgIpc) is 3.26. The molecular formula is C40H50ClN3O6S. The molecule has 7 rings (SSSR count). The van der Waals surface area contributed by atoms with Gasteiger partial charge in [-0.15, -0.1) is 0 Å². The quantitative estimate of drug-likeness (QED) is 0.315. The number of hydrogen-bond acceptors (Lipinski definition) is 8. The van der Waals surface area contributed by atoms with Crippen LogP contribution in [0.4, 0.5) is 5.69 Å². The summed E-state index contributed by atoms with van der Waals surface area (Å²) in [7, 11) is -2.23. The van der Waals surface area contributed by atoms with Crippen molar-refractivity contribution < 1.29 is 27.4 Å². The molecule has 0 aromatic heterocycles. The number of halogens is 1. The number of ether oxygens (including phenoxy) is 3. The van der Waals surface area contributed by atoms with Crippen molar-refractivity contribution in [1.82, 2.24) is 9.62 Å². The van der Waals surface area contributed by atoms with Gasteiger partial charge in [-0.05, 0) is 105 Å². The molecule has 9 nitrogen and oxygen atoms in total. The van der Waals surface area contributed by atoms with E-state index >= 15 is 0 Å². The largest absolute Gasteiger partial charge is 0.490 e. The molecule has 2 aromatic rings. The summed E-state index contributed by atoms with van der Waals surface area (Å²) in [4.78, 5) is 18.3. The first-order chi connectivity index (χ1) is 24.5. The van der Waals surface area contributed by atoms with E-state index in [1.807, 2.05) is 31.2 Å². The van der Waals surface area contributed by atoms with E-state index in [-0.39, 0.29) is 28.7 Å². The molecule has 51 heavy (non-hydrogen) atoms. The second kappa shape index (κ2) is 14.7. The average molecular weight is 736 g/mol. The van der Waals surface area contributed by atoms with Gasteiger partial charge in [0, 0.05) is 55.2 Å². The van der Waals surface area contributed by atoms with Crippen LogP contribution in [0.5, 0.6) is 5.75 Å². The van der Waals surface area contributed by atoms with Crippen LogP contribution in [0.25, 0.3) is 0 Å². The highest BCUT2D eigenvalue weighted by atomic mass is 35.5. The van der Waals surface area contributed by atoms with Gasteiger partial charge in [-0.3, -0.25) is 9.69 Å². The summed E-state index contributed by atoms with van der Waals surface area (Å²) in [6.45, 7) is 9.22. The third kappa shape index (κ3) is 7.30. The molecule has 6 atom stereocenters. The summed E-state index contributed by atoms with van der Waals surface area (Å²) in [6.07, 6.45) is 9.54. The van der Waals surface area contributed by atoms with Crippen LogP contribution >= 0.6 is 11.6 Å². The molecule has 11 heteroatoms. The summed E-state index contributed by atoms with van der Waals surface area (Å²) >= 11 is 6.48. The summed E-state index contributed by atoms with van der Waals surface area (Å²) in [5.41, 5.74) is 2.49. The topological polar surface area (TPSA) is 97.4 Å². The van der Waals surface area contributed by atoms with Crippen molar-refractivity contribution in [3.05, 3.63) is 70.3 Å². The number of hydrogen-bond donors (Lipinski definition) is 1. The number of nitrogens with zero attached hydrogens (tertiary/aromatic N) is 2. The highest BCUT2D eigenvalue weighted by Crippen LogP contribution is 2.49. The molecule has 2 aliphatic carbocycles. The Hall–Kier alpha value is -3.07. The number of sulfonamides is 1. The molecule has 2 aromatic carbocycles. The SMILES string of the molecule is CO[C@]1(C#CCN2CCOCC2)/C=C\C[C@H](C)[C@@H](C)S(=O)(=O)NC(=O)c2ccc3c(c2)N(C[C@@H]2CC[C@H]21)C[C@@]1(CCCc2cc(Cl)ccc21)CO3. The standard InChI is InChI=1S/C40H50ClN3O6S/c1-28-7-4-16-40(48-3,17-6-18-43-19-21-49-22-20-43)35-12-9-32(35)25-44-26-39(15-5-8-30-23-33(41)11-13-34(30)39)27-50-37-14-10-31(24-36(37)44)38(45)42-51(46,47)29(28)2/h4,10-11,13-14,16,23-24,28-29,32,35H,5,7-9,12,15,18-22,25-27H2,1-3H3,(H,42,45)/b16-4-/t28-,29+,32-,35+,39-,40-/m0/s1. The van der Waals surface area contributed by atoms with Crippen LogP contribution in [0.1, 0.15) is 67.4 Å². The molecular weight excluding hydrogens is 686 g/mol. The summed E-state index contributed by atoms with van der Waals surface area (Å²) < 4.78 is 48.1. The zero-order valence-corrected chi connectivity index (χ0v) is 31.5. The lowest BCUT2D eigenvalue weighted by Crippen LogP contribution is -2.52. The molecule has 3 aliphatic heterocycles. The normalized spacial score (nSPS) is 32.9. The number of benzene rings is 2. The molecule has 0 unspecified atom stereocenters. The van der Waals surface area contributed by atoms with Crippen LogP contribution in [-0.2, 0) is 31.3 Å². The molecule has 1 amide bonds. The number of allylic oxidation sites excluding steroid dienone is 1. The Morgan fingerprint density at radius 2 is 1.94 bits per heavy atom. The molecule has 0 radical (unpaired) electrons. The Morgan fingerprint density at radius 1 is 1.12 bits per heavy atom. The predicted molar refractivity (Wildman–Crippen MR) is 200 cm³/mol. The maximum Gasteiger partial charge on any atom is 0.264 e. The van der Waals surface area contributed by atoms with E-state index in [4.69, 9.17) is 25.8 Å². The lowest BCUT2D eigenvalue weighted by atomic mass is 9.64. The number of morpholine rings is 1. The van der Waals surface area contributed by atoms with Gasteiger partial charge in [0.25, 0.3) is 5.91 Å². The molecule has 274 valence electrons. The molecule has 5 aliphatic rings. The first kappa shape index (κ1) is 36.3. The van der Waals surface area contributed by atoms with Crippen molar-refractivity contribution >= 4 is 33.2 Å². The molecule has 1 saturated carbocycles. The first-order valence-electron chi connectivity index (χ1n) is 18.4. The van der Waals surface area contributed by atoms with Crippen molar-refractivity contribution in [3.8, 4) is 17.6 Å². The maximum absolute atomic E-state index is 13.6. The number of aryl methyl sites for hydroxylation is 1. The van der Waals surface area contributed by atoms with Crippen LogP contribution in [0.15, 0.2) is 48.6 Å². The number of fused-ring (bicyclic) bond motifs is 4. The van der Waals surface area contributed by atoms with Gasteiger partial charge in [0.2, 0.25) is 10.0 Å². The molecule has 1 N–H and O–H groups in total. The third-order valence-electron chi connectivity index (χ3n) is 12.1. The van der Waals surface area contributed by atoms with Crippen molar-refractivity contribution in [2.45, 2.75) is 68.6 Å². The minimum absolute atomic E-state index is 0.118. The Bertz CT molecular complexity index is 1830. The molecule has 3 heterocycles. The molecule has 2 fully saturated rings. The van der Waals surface area contributed by atoms with Crippen LogP contribution in [-0.4, -0.2) is 89.7 Å². The van der Waals surface area contributed by atoms with Gasteiger partial charge in [-0.1, -0.05) is 42.5 Å². The second-order valence-electron chi connectivity index (χ2n) is 15.2. The van der Waals surface area contributed by atoms with E-state index < -0.39 is 26.8 Å². The lowest BCUT2D eigenvalue weighted by molar-refractivity contribution is -0.0352. The van der Waals surface area contributed by atoms with E-state index in [0.717, 1.165) is 55.9 Å². The number of anilines is 1. The number of amides is 1. The Morgan fingerprint density at radius 3 is 2.71 bits per heavy atom. The highest BCUT2D eigenvalue weighted by Gasteiger charge is 2.49. The fourth-order valence-electron chi connectivity index (χ4n) is 8.70. The van der Waals surface area contributed by atoms with Crippen molar-refractivity contribution in [2.75, 3.05) is 64.6 Å². The van der Waals surface area contributed by atoms with Crippen molar-refractivity contribution in [2.24, 2.45) is 17.8 Å². The van der Waals surface area contributed by atoms with E-state index in [1.54, 1.807) is 20.1 Å². The predicted octanol–water partition coefficient (Wildman–Crippen LogP) is 5.60.